The third-order valence-corrected chi connectivity index (χ3v) is 9.88. The van der Waals surface area contributed by atoms with Crippen molar-refractivity contribution < 1.29 is 17.9 Å². The summed E-state index contributed by atoms with van der Waals surface area (Å²) in [4.78, 5) is 29.6. The highest BCUT2D eigenvalue weighted by Gasteiger charge is 2.30. The van der Waals surface area contributed by atoms with Crippen molar-refractivity contribution in [3.8, 4) is 0 Å². The van der Waals surface area contributed by atoms with E-state index in [1.54, 1.807) is 11.3 Å². The molecule has 1 atom stereocenters. The van der Waals surface area contributed by atoms with Crippen LogP contribution in [0.4, 0.5) is 5.82 Å². The van der Waals surface area contributed by atoms with Crippen LogP contribution in [-0.4, -0.2) is 86.1 Å². The Morgan fingerprint density at radius 3 is 2.76 bits per heavy atom. The van der Waals surface area contributed by atoms with Crippen LogP contribution in [0.2, 0.25) is 0 Å². The third-order valence-electron chi connectivity index (χ3n) is 6.92. The fourth-order valence-electron chi connectivity index (χ4n) is 5.13. The zero-order chi connectivity index (χ0) is 23.7. The number of hydrogen-bond donors (Lipinski definition) is 1. The minimum atomic E-state index is -3.04. The van der Waals surface area contributed by atoms with Crippen molar-refractivity contribution in [1.29, 1.82) is 0 Å². The van der Waals surface area contributed by atoms with Gasteiger partial charge in [0.1, 0.15) is 16.5 Å². The van der Waals surface area contributed by atoms with Gasteiger partial charge in [-0.25, -0.2) is 18.4 Å². The summed E-state index contributed by atoms with van der Waals surface area (Å²) >= 11 is 1.77. The van der Waals surface area contributed by atoms with E-state index in [9.17, 15) is 13.2 Å². The van der Waals surface area contributed by atoms with Gasteiger partial charge in [0.25, 0.3) is 0 Å². The van der Waals surface area contributed by atoms with Gasteiger partial charge < -0.3 is 15.0 Å². The van der Waals surface area contributed by atoms with E-state index >= 15 is 0 Å². The first kappa shape index (κ1) is 23.9. The van der Waals surface area contributed by atoms with Gasteiger partial charge in [-0.1, -0.05) is 0 Å². The van der Waals surface area contributed by atoms with E-state index in [-0.39, 0.29) is 30.0 Å². The standard InChI is InChI=1S/C23H33N5O4S2/c1-2-28(14-20(29)24-16-7-12-34(30,31)15-16)22-21-17-5-3-4-6-18(17)33-23(21)26-19(25-22)13-27-8-10-32-11-9-27/h16H,2-15H2,1H3,(H,24,29)/t16-/m0/s1. The maximum atomic E-state index is 12.9. The maximum Gasteiger partial charge on any atom is 0.239 e. The predicted molar refractivity (Wildman–Crippen MR) is 133 cm³/mol. The van der Waals surface area contributed by atoms with Crippen LogP contribution < -0.4 is 10.2 Å². The molecule has 34 heavy (non-hydrogen) atoms. The molecule has 2 aromatic rings. The Morgan fingerprint density at radius 2 is 2.03 bits per heavy atom. The molecular weight excluding hydrogens is 474 g/mol. The van der Waals surface area contributed by atoms with Gasteiger partial charge in [0, 0.05) is 30.6 Å². The second-order valence-corrected chi connectivity index (χ2v) is 12.7. The normalized spacial score (nSPS) is 22.6. The molecule has 0 unspecified atom stereocenters. The van der Waals surface area contributed by atoms with Gasteiger partial charge in [-0.15, -0.1) is 11.3 Å². The number of carbonyl (C=O) groups is 1. The molecule has 0 saturated carbocycles. The van der Waals surface area contributed by atoms with Crippen molar-refractivity contribution in [3.63, 3.8) is 0 Å². The Balaban J connectivity index is 1.43. The van der Waals surface area contributed by atoms with Crippen LogP contribution in [0, 0.1) is 0 Å². The highest BCUT2D eigenvalue weighted by atomic mass is 32.2. The van der Waals surface area contributed by atoms with Crippen molar-refractivity contribution in [1.82, 2.24) is 20.2 Å². The number of ether oxygens (including phenoxy) is 1. The second-order valence-electron chi connectivity index (χ2n) is 9.42. The van der Waals surface area contributed by atoms with Gasteiger partial charge in [0.05, 0.1) is 43.2 Å². The first-order valence-corrected chi connectivity index (χ1v) is 14.9. The number of likely N-dealkylation sites (N-methyl/N-ethyl adjacent to an activating group) is 1. The summed E-state index contributed by atoms with van der Waals surface area (Å²) in [5.74, 6) is 1.64. The summed E-state index contributed by atoms with van der Waals surface area (Å²) in [6.07, 6.45) is 4.96. The number of carbonyl (C=O) groups excluding carboxylic acids is 1. The number of thiophene rings is 1. The lowest BCUT2D eigenvalue weighted by atomic mass is 9.97. The van der Waals surface area contributed by atoms with E-state index in [4.69, 9.17) is 14.7 Å². The molecule has 1 amide bonds. The van der Waals surface area contributed by atoms with Crippen molar-refractivity contribution in [2.24, 2.45) is 0 Å². The molecule has 2 saturated heterocycles. The summed E-state index contributed by atoms with van der Waals surface area (Å²) in [5, 5.41) is 4.03. The number of amides is 1. The summed E-state index contributed by atoms with van der Waals surface area (Å²) in [6, 6.07) is -0.299. The molecule has 186 valence electrons. The Labute approximate surface area is 204 Å². The average molecular weight is 508 g/mol. The first-order valence-electron chi connectivity index (χ1n) is 12.3. The van der Waals surface area contributed by atoms with Crippen LogP contribution in [0.5, 0.6) is 0 Å². The molecule has 0 spiro atoms. The second kappa shape index (κ2) is 10.0. The smallest absolute Gasteiger partial charge is 0.239 e. The molecule has 1 aliphatic carbocycles. The predicted octanol–water partition coefficient (Wildman–Crippen LogP) is 1.53. The van der Waals surface area contributed by atoms with Gasteiger partial charge in [0.15, 0.2) is 9.84 Å². The summed E-state index contributed by atoms with van der Waals surface area (Å²) in [7, 11) is -3.04. The number of hydrogen-bond acceptors (Lipinski definition) is 9. The van der Waals surface area contributed by atoms with E-state index < -0.39 is 9.84 Å². The fraction of sp³-hybridized carbons (Fsp3) is 0.696. The lowest BCUT2D eigenvalue weighted by Crippen LogP contribution is -2.43. The van der Waals surface area contributed by atoms with Gasteiger partial charge in [-0.2, -0.15) is 0 Å². The van der Waals surface area contributed by atoms with Crippen molar-refractivity contribution in [2.45, 2.75) is 51.6 Å². The molecule has 5 rings (SSSR count). The van der Waals surface area contributed by atoms with Crippen LogP contribution >= 0.6 is 11.3 Å². The molecule has 2 aromatic heterocycles. The molecular formula is C23H33N5O4S2. The van der Waals surface area contributed by atoms with Crippen LogP contribution in [-0.2, 0) is 38.8 Å². The number of anilines is 1. The SMILES string of the molecule is CCN(CC(=O)N[C@H]1CCS(=O)(=O)C1)c1nc(CN2CCOCC2)nc2sc3c(c12)CCCC3. The number of morpholine rings is 1. The minimum Gasteiger partial charge on any atom is -0.379 e. The Hall–Kier alpha value is -1.82. The number of aryl methyl sites for hydroxylation is 2. The highest BCUT2D eigenvalue weighted by Crippen LogP contribution is 2.39. The number of aromatic nitrogens is 2. The molecule has 4 heterocycles. The van der Waals surface area contributed by atoms with E-state index in [1.165, 1.54) is 16.9 Å². The largest absolute Gasteiger partial charge is 0.379 e. The van der Waals surface area contributed by atoms with Gasteiger partial charge in [-0.3, -0.25) is 9.69 Å². The van der Waals surface area contributed by atoms with E-state index in [2.05, 4.69) is 10.2 Å². The highest BCUT2D eigenvalue weighted by molar-refractivity contribution is 7.91. The lowest BCUT2D eigenvalue weighted by molar-refractivity contribution is -0.120. The van der Waals surface area contributed by atoms with E-state index in [1.807, 2.05) is 11.8 Å². The molecule has 1 N–H and O–H groups in total. The topological polar surface area (TPSA) is 105 Å². The maximum absolute atomic E-state index is 12.9. The average Bonchev–Trinajstić information content (AvgIpc) is 3.36. The molecule has 0 aromatic carbocycles. The Morgan fingerprint density at radius 1 is 1.24 bits per heavy atom. The number of rotatable bonds is 7. The Bertz CT molecular complexity index is 1160. The number of nitrogens with zero attached hydrogens (tertiary/aromatic N) is 4. The molecule has 2 aliphatic heterocycles. The van der Waals surface area contributed by atoms with Crippen molar-refractivity contribution in [2.75, 3.05) is 55.8 Å². The summed E-state index contributed by atoms with van der Waals surface area (Å²) in [6.45, 7) is 6.65. The van der Waals surface area contributed by atoms with E-state index in [0.717, 1.165) is 67.4 Å². The number of fused-ring (bicyclic) bond motifs is 3. The fourth-order valence-corrected chi connectivity index (χ4v) is 8.08. The number of sulfone groups is 1. The molecule has 0 bridgehead atoms. The number of nitrogens with one attached hydrogen (secondary N) is 1. The van der Waals surface area contributed by atoms with E-state index in [0.29, 0.717) is 19.5 Å². The molecule has 0 radical (unpaired) electrons. The van der Waals surface area contributed by atoms with Crippen LogP contribution in [0.15, 0.2) is 0 Å². The third kappa shape index (κ3) is 5.22. The van der Waals surface area contributed by atoms with Gasteiger partial charge in [0.2, 0.25) is 5.91 Å². The van der Waals surface area contributed by atoms with Crippen LogP contribution in [0.1, 0.15) is 42.5 Å². The molecule has 11 heteroatoms. The Kier molecular flexibility index (Phi) is 7.06. The van der Waals surface area contributed by atoms with Crippen LogP contribution in [0.25, 0.3) is 10.2 Å². The molecule has 9 nitrogen and oxygen atoms in total. The monoisotopic (exact) mass is 507 g/mol. The molecule has 2 fully saturated rings. The van der Waals surface area contributed by atoms with Gasteiger partial charge in [-0.05, 0) is 44.6 Å². The van der Waals surface area contributed by atoms with Crippen molar-refractivity contribution >= 4 is 43.1 Å². The zero-order valence-electron chi connectivity index (χ0n) is 19.7. The quantitative estimate of drug-likeness (QED) is 0.602. The zero-order valence-corrected chi connectivity index (χ0v) is 21.3. The van der Waals surface area contributed by atoms with Gasteiger partial charge >= 0.3 is 0 Å². The lowest BCUT2D eigenvalue weighted by Gasteiger charge is -2.27. The van der Waals surface area contributed by atoms with Crippen molar-refractivity contribution in [3.05, 3.63) is 16.3 Å². The van der Waals surface area contributed by atoms with Crippen LogP contribution in [0.3, 0.4) is 0 Å². The summed E-state index contributed by atoms with van der Waals surface area (Å²) in [5.41, 5.74) is 1.35. The first-order chi connectivity index (χ1) is 16.4. The summed E-state index contributed by atoms with van der Waals surface area (Å²) < 4.78 is 29.1. The minimum absolute atomic E-state index is 0.0321. The molecule has 3 aliphatic rings.